The Morgan fingerprint density at radius 1 is 0.260 bits per heavy atom. The van der Waals surface area contributed by atoms with Crippen LogP contribution in [0.25, 0.3) is 0 Å². The molecule has 0 aliphatic rings. The minimum Gasteiger partial charge on any atom is -0.462 e. The molecular formula is C67H130O6. The summed E-state index contributed by atoms with van der Waals surface area (Å²) in [6.45, 7) is 9.11. The lowest BCUT2D eigenvalue weighted by molar-refractivity contribution is -0.167. The summed E-state index contributed by atoms with van der Waals surface area (Å²) in [4.78, 5) is 38.4. The number of esters is 3. The van der Waals surface area contributed by atoms with Crippen molar-refractivity contribution in [3.63, 3.8) is 0 Å². The summed E-state index contributed by atoms with van der Waals surface area (Å²) >= 11 is 0. The van der Waals surface area contributed by atoms with E-state index in [1.54, 1.807) is 0 Å². The molecule has 434 valence electrons. The van der Waals surface area contributed by atoms with Gasteiger partial charge in [-0.2, -0.15) is 0 Å². The fourth-order valence-electron chi connectivity index (χ4n) is 10.5. The van der Waals surface area contributed by atoms with Crippen molar-refractivity contribution in [2.75, 3.05) is 13.2 Å². The molecule has 0 saturated carbocycles. The number of hydrogen-bond donors (Lipinski definition) is 0. The van der Waals surface area contributed by atoms with Crippen molar-refractivity contribution in [1.82, 2.24) is 0 Å². The zero-order valence-electron chi connectivity index (χ0n) is 50.1. The number of carbonyl (C=O) groups excluding carboxylic acids is 3. The van der Waals surface area contributed by atoms with E-state index in [9.17, 15) is 14.4 Å². The number of ether oxygens (including phenoxy) is 3. The first kappa shape index (κ1) is 71.4. The lowest BCUT2D eigenvalue weighted by Gasteiger charge is -2.18. The summed E-state index contributed by atoms with van der Waals surface area (Å²) in [5.74, 6) is 0.0351. The minimum atomic E-state index is -0.763. The van der Waals surface area contributed by atoms with Gasteiger partial charge < -0.3 is 14.2 Å². The highest BCUT2D eigenvalue weighted by atomic mass is 16.6. The van der Waals surface area contributed by atoms with Gasteiger partial charge in [0, 0.05) is 19.3 Å². The van der Waals surface area contributed by atoms with E-state index in [1.165, 1.54) is 283 Å². The molecule has 0 N–H and O–H groups in total. The van der Waals surface area contributed by atoms with E-state index in [2.05, 4.69) is 27.7 Å². The molecule has 0 aliphatic heterocycles. The molecule has 0 fully saturated rings. The topological polar surface area (TPSA) is 78.9 Å². The van der Waals surface area contributed by atoms with Crippen LogP contribution in [0.4, 0.5) is 0 Å². The largest absolute Gasteiger partial charge is 0.462 e. The summed E-state index contributed by atoms with van der Waals surface area (Å²) in [5.41, 5.74) is 0. The van der Waals surface area contributed by atoms with E-state index in [0.29, 0.717) is 19.3 Å². The van der Waals surface area contributed by atoms with Crippen molar-refractivity contribution in [3.05, 3.63) is 0 Å². The first-order valence-corrected chi connectivity index (χ1v) is 33.4. The van der Waals surface area contributed by atoms with E-state index < -0.39 is 6.10 Å². The maximum absolute atomic E-state index is 12.9. The summed E-state index contributed by atoms with van der Waals surface area (Å²) in [7, 11) is 0. The van der Waals surface area contributed by atoms with Gasteiger partial charge in [0.25, 0.3) is 0 Å². The molecule has 0 aromatic heterocycles. The molecule has 0 heterocycles. The Kier molecular flexibility index (Phi) is 59.9. The first-order valence-electron chi connectivity index (χ1n) is 33.4. The molecule has 0 aliphatic carbocycles. The van der Waals surface area contributed by atoms with E-state index >= 15 is 0 Å². The van der Waals surface area contributed by atoms with Crippen LogP contribution in [0.3, 0.4) is 0 Å². The van der Waals surface area contributed by atoms with Crippen molar-refractivity contribution < 1.29 is 28.6 Å². The number of rotatable bonds is 62. The molecule has 73 heavy (non-hydrogen) atoms. The summed E-state index contributed by atoms with van der Waals surface area (Å²) in [6, 6.07) is 0. The Balaban J connectivity index is 4.25. The highest BCUT2D eigenvalue weighted by Crippen LogP contribution is 2.19. The molecule has 0 aromatic rings. The Labute approximate surface area is 457 Å². The number of unbranched alkanes of at least 4 members (excludes halogenated alkanes) is 49. The third-order valence-electron chi connectivity index (χ3n) is 15.5. The fourth-order valence-corrected chi connectivity index (χ4v) is 10.5. The van der Waals surface area contributed by atoms with Crippen LogP contribution < -0.4 is 0 Å². The number of hydrogen-bond acceptors (Lipinski definition) is 6. The van der Waals surface area contributed by atoms with E-state index in [0.717, 1.165) is 63.7 Å². The lowest BCUT2D eigenvalue weighted by Crippen LogP contribution is -2.30. The van der Waals surface area contributed by atoms with Gasteiger partial charge in [-0.3, -0.25) is 14.4 Å². The second kappa shape index (κ2) is 61.3. The standard InChI is InChI=1S/C67H130O6/c1-5-7-9-11-13-15-17-19-21-22-23-27-31-34-38-42-46-50-54-58-65(68)71-61-64(73-67(70)60-56-52-48-44-40-36-29-20-18-16-14-12-10-8-6-2)62-72-66(69)59-55-51-47-43-39-35-32-28-25-24-26-30-33-37-41-45-49-53-57-63(3)4/h63-64H,5-62H2,1-4H3/t64-/m0/s1. The molecule has 0 saturated heterocycles. The third-order valence-corrected chi connectivity index (χ3v) is 15.5. The maximum Gasteiger partial charge on any atom is 0.306 e. The van der Waals surface area contributed by atoms with Crippen molar-refractivity contribution >= 4 is 17.9 Å². The molecule has 0 radical (unpaired) electrons. The molecule has 0 spiro atoms. The van der Waals surface area contributed by atoms with Crippen LogP contribution in [-0.4, -0.2) is 37.2 Å². The van der Waals surface area contributed by atoms with Gasteiger partial charge in [-0.15, -0.1) is 0 Å². The Bertz CT molecular complexity index is 1110. The van der Waals surface area contributed by atoms with Crippen molar-refractivity contribution in [1.29, 1.82) is 0 Å². The monoisotopic (exact) mass is 1030 g/mol. The lowest BCUT2D eigenvalue weighted by atomic mass is 10.0. The van der Waals surface area contributed by atoms with Crippen LogP contribution in [0.15, 0.2) is 0 Å². The SMILES string of the molecule is CCCCCCCCCCCCCCCCCCCCCC(=O)OC[C@@H](COC(=O)CCCCCCCCCCCCCCCCCCCCC(C)C)OC(=O)CCCCCCCCCCCCCCCCC. The molecule has 6 heteroatoms. The van der Waals surface area contributed by atoms with Crippen LogP contribution in [0.2, 0.25) is 0 Å². The first-order chi connectivity index (χ1) is 35.9. The van der Waals surface area contributed by atoms with Crippen LogP contribution in [0.5, 0.6) is 0 Å². The van der Waals surface area contributed by atoms with Gasteiger partial charge in [0.05, 0.1) is 0 Å². The Morgan fingerprint density at radius 2 is 0.452 bits per heavy atom. The summed E-state index contributed by atoms with van der Waals surface area (Å²) in [5, 5.41) is 0. The smallest absolute Gasteiger partial charge is 0.306 e. The Morgan fingerprint density at radius 3 is 0.671 bits per heavy atom. The zero-order valence-corrected chi connectivity index (χ0v) is 50.1. The van der Waals surface area contributed by atoms with Crippen molar-refractivity contribution in [2.45, 2.75) is 393 Å². The normalized spacial score (nSPS) is 12.0. The zero-order chi connectivity index (χ0) is 53.0. The van der Waals surface area contributed by atoms with Crippen molar-refractivity contribution in [2.24, 2.45) is 5.92 Å². The molecule has 6 nitrogen and oxygen atoms in total. The van der Waals surface area contributed by atoms with Gasteiger partial charge >= 0.3 is 17.9 Å². The summed E-state index contributed by atoms with van der Waals surface area (Å²) in [6.07, 6.45) is 69.7. The van der Waals surface area contributed by atoms with E-state index in [1.807, 2.05) is 0 Å². The van der Waals surface area contributed by atoms with Gasteiger partial charge in [0.2, 0.25) is 0 Å². The van der Waals surface area contributed by atoms with Crippen LogP contribution in [0.1, 0.15) is 387 Å². The molecule has 0 unspecified atom stereocenters. The van der Waals surface area contributed by atoms with Crippen LogP contribution >= 0.6 is 0 Å². The maximum atomic E-state index is 12.9. The minimum absolute atomic E-state index is 0.0608. The summed E-state index contributed by atoms with van der Waals surface area (Å²) < 4.78 is 17.0. The Hall–Kier alpha value is -1.59. The predicted molar refractivity (Wildman–Crippen MR) is 317 cm³/mol. The van der Waals surface area contributed by atoms with Gasteiger partial charge in [-0.05, 0) is 25.2 Å². The molecule has 0 bridgehead atoms. The quantitative estimate of drug-likeness (QED) is 0.0343. The third kappa shape index (κ3) is 61.1. The van der Waals surface area contributed by atoms with Crippen molar-refractivity contribution in [3.8, 4) is 0 Å². The van der Waals surface area contributed by atoms with Crippen LogP contribution in [0, 0.1) is 5.92 Å². The van der Waals surface area contributed by atoms with E-state index in [4.69, 9.17) is 14.2 Å². The highest BCUT2D eigenvalue weighted by molar-refractivity contribution is 5.71. The second-order valence-electron chi connectivity index (χ2n) is 23.6. The van der Waals surface area contributed by atoms with Gasteiger partial charge in [0.15, 0.2) is 6.10 Å². The average molecular weight is 1030 g/mol. The number of carbonyl (C=O) groups is 3. The predicted octanol–water partition coefficient (Wildman–Crippen LogP) is 22.5. The highest BCUT2D eigenvalue weighted by Gasteiger charge is 2.19. The molecule has 0 amide bonds. The molecular weight excluding hydrogens is 901 g/mol. The molecule has 0 aromatic carbocycles. The van der Waals surface area contributed by atoms with Crippen LogP contribution in [-0.2, 0) is 28.6 Å². The second-order valence-corrected chi connectivity index (χ2v) is 23.6. The molecule has 0 rings (SSSR count). The van der Waals surface area contributed by atoms with Gasteiger partial charge in [-0.25, -0.2) is 0 Å². The molecule has 1 atom stereocenters. The van der Waals surface area contributed by atoms with Gasteiger partial charge in [0.1, 0.15) is 13.2 Å². The van der Waals surface area contributed by atoms with E-state index in [-0.39, 0.29) is 31.1 Å². The van der Waals surface area contributed by atoms with Gasteiger partial charge in [-0.1, -0.05) is 349 Å². The fraction of sp³-hybridized carbons (Fsp3) is 0.955. The average Bonchev–Trinajstić information content (AvgIpc) is 3.38.